The van der Waals surface area contributed by atoms with Crippen molar-refractivity contribution in [3.05, 3.63) is 17.8 Å². The fourth-order valence-corrected chi connectivity index (χ4v) is 2.16. The van der Waals surface area contributed by atoms with Crippen LogP contribution in [0.5, 0.6) is 0 Å². The zero-order valence-corrected chi connectivity index (χ0v) is 8.83. The van der Waals surface area contributed by atoms with Crippen molar-refractivity contribution < 1.29 is 0 Å². The third kappa shape index (κ3) is 1.54. The Labute approximate surface area is 84.9 Å². The SMILES string of the molecule is Cc1cc(N)ncc1N1CCC[C@H]1C. The lowest BCUT2D eigenvalue weighted by Gasteiger charge is -2.25. The van der Waals surface area contributed by atoms with Crippen molar-refractivity contribution in [3.63, 3.8) is 0 Å². The standard InChI is InChI=1S/C11H17N3/c1-8-6-11(12)13-7-10(8)14-5-3-4-9(14)2/h6-7,9H,3-5H2,1-2H3,(H2,12,13)/t9-/m1/s1. The predicted molar refractivity (Wildman–Crippen MR) is 59.4 cm³/mol. The first-order valence-electron chi connectivity index (χ1n) is 5.17. The molecule has 2 N–H and O–H groups in total. The van der Waals surface area contributed by atoms with E-state index in [1.165, 1.54) is 24.1 Å². The van der Waals surface area contributed by atoms with Gasteiger partial charge in [-0.2, -0.15) is 0 Å². The molecule has 0 unspecified atom stereocenters. The summed E-state index contributed by atoms with van der Waals surface area (Å²) >= 11 is 0. The average molecular weight is 191 g/mol. The minimum atomic E-state index is 0.609. The molecule has 0 spiro atoms. The van der Waals surface area contributed by atoms with Gasteiger partial charge < -0.3 is 10.6 Å². The summed E-state index contributed by atoms with van der Waals surface area (Å²) in [5.41, 5.74) is 8.10. The van der Waals surface area contributed by atoms with Crippen LogP contribution in [0, 0.1) is 6.92 Å². The van der Waals surface area contributed by atoms with Crippen LogP contribution in [0.3, 0.4) is 0 Å². The monoisotopic (exact) mass is 191 g/mol. The molecule has 0 aromatic carbocycles. The molecule has 0 amide bonds. The van der Waals surface area contributed by atoms with Crippen molar-refractivity contribution in [2.45, 2.75) is 32.7 Å². The van der Waals surface area contributed by atoms with Gasteiger partial charge in [-0.25, -0.2) is 4.98 Å². The summed E-state index contributed by atoms with van der Waals surface area (Å²) in [4.78, 5) is 6.57. The molecule has 1 aromatic rings. The Balaban J connectivity index is 2.31. The van der Waals surface area contributed by atoms with E-state index in [9.17, 15) is 0 Å². The molecule has 3 nitrogen and oxygen atoms in total. The summed E-state index contributed by atoms with van der Waals surface area (Å²) in [6.07, 6.45) is 4.46. The van der Waals surface area contributed by atoms with Gasteiger partial charge in [0.1, 0.15) is 5.82 Å². The second-order valence-corrected chi connectivity index (χ2v) is 4.08. The van der Waals surface area contributed by atoms with Gasteiger partial charge in [0.15, 0.2) is 0 Å². The number of nitrogens with zero attached hydrogens (tertiary/aromatic N) is 2. The Kier molecular flexibility index (Phi) is 2.32. The fourth-order valence-electron chi connectivity index (χ4n) is 2.16. The molecule has 76 valence electrons. The summed E-state index contributed by atoms with van der Waals surface area (Å²) in [6.45, 7) is 5.51. The molecule has 0 aliphatic carbocycles. The third-order valence-electron chi connectivity index (χ3n) is 2.97. The number of hydrogen-bond acceptors (Lipinski definition) is 3. The fraction of sp³-hybridized carbons (Fsp3) is 0.545. The molecule has 3 heteroatoms. The van der Waals surface area contributed by atoms with E-state index in [1.807, 2.05) is 12.3 Å². The number of nitrogens with two attached hydrogens (primary N) is 1. The molecule has 0 bridgehead atoms. The molecule has 0 radical (unpaired) electrons. The largest absolute Gasteiger partial charge is 0.384 e. The van der Waals surface area contributed by atoms with Gasteiger partial charge in [-0.1, -0.05) is 0 Å². The number of rotatable bonds is 1. The molecule has 1 fully saturated rings. The smallest absolute Gasteiger partial charge is 0.123 e. The van der Waals surface area contributed by atoms with E-state index in [-0.39, 0.29) is 0 Å². The van der Waals surface area contributed by atoms with E-state index in [4.69, 9.17) is 5.73 Å². The van der Waals surface area contributed by atoms with E-state index in [1.54, 1.807) is 0 Å². The van der Waals surface area contributed by atoms with E-state index < -0.39 is 0 Å². The normalized spacial score (nSPS) is 21.6. The van der Waals surface area contributed by atoms with Crippen molar-refractivity contribution in [1.29, 1.82) is 0 Å². The van der Waals surface area contributed by atoms with Gasteiger partial charge in [-0.05, 0) is 38.3 Å². The van der Waals surface area contributed by atoms with Gasteiger partial charge in [-0.15, -0.1) is 0 Å². The first-order chi connectivity index (χ1) is 6.68. The van der Waals surface area contributed by atoms with E-state index >= 15 is 0 Å². The highest BCUT2D eigenvalue weighted by atomic mass is 15.2. The van der Waals surface area contributed by atoms with Crippen molar-refractivity contribution >= 4 is 11.5 Å². The predicted octanol–water partition coefficient (Wildman–Crippen LogP) is 1.96. The third-order valence-corrected chi connectivity index (χ3v) is 2.97. The van der Waals surface area contributed by atoms with Gasteiger partial charge in [0.25, 0.3) is 0 Å². The summed E-state index contributed by atoms with van der Waals surface area (Å²) in [7, 11) is 0. The molecule has 1 aliphatic rings. The quantitative estimate of drug-likeness (QED) is 0.737. The van der Waals surface area contributed by atoms with Gasteiger partial charge in [0.2, 0.25) is 0 Å². The number of anilines is 2. The first kappa shape index (κ1) is 9.31. The number of aryl methyl sites for hydroxylation is 1. The molecular weight excluding hydrogens is 174 g/mol. The van der Waals surface area contributed by atoms with Crippen LogP contribution in [0.15, 0.2) is 12.3 Å². The summed E-state index contributed by atoms with van der Waals surface area (Å²) in [6, 6.07) is 2.58. The van der Waals surface area contributed by atoms with Crippen LogP contribution in [0.25, 0.3) is 0 Å². The van der Waals surface area contributed by atoms with Crippen LogP contribution in [-0.4, -0.2) is 17.6 Å². The van der Waals surface area contributed by atoms with Gasteiger partial charge in [-0.3, -0.25) is 0 Å². The average Bonchev–Trinajstić information content (AvgIpc) is 2.52. The minimum absolute atomic E-state index is 0.609. The van der Waals surface area contributed by atoms with Gasteiger partial charge >= 0.3 is 0 Å². The van der Waals surface area contributed by atoms with Gasteiger partial charge in [0, 0.05) is 12.6 Å². The van der Waals surface area contributed by atoms with Crippen LogP contribution in [-0.2, 0) is 0 Å². The lowest BCUT2D eigenvalue weighted by molar-refractivity contribution is 0.732. The number of hydrogen-bond donors (Lipinski definition) is 1. The van der Waals surface area contributed by atoms with Crippen molar-refractivity contribution in [2.24, 2.45) is 0 Å². The molecule has 2 heterocycles. The second kappa shape index (κ2) is 3.48. The maximum atomic E-state index is 5.63. The van der Waals surface area contributed by atoms with Crippen molar-refractivity contribution in [1.82, 2.24) is 4.98 Å². The highest BCUT2D eigenvalue weighted by Gasteiger charge is 2.21. The first-order valence-corrected chi connectivity index (χ1v) is 5.17. The molecule has 1 atom stereocenters. The van der Waals surface area contributed by atoms with Crippen molar-refractivity contribution in [3.8, 4) is 0 Å². The lowest BCUT2D eigenvalue weighted by Crippen LogP contribution is -2.27. The van der Waals surface area contributed by atoms with Crippen LogP contribution < -0.4 is 10.6 Å². The zero-order chi connectivity index (χ0) is 10.1. The lowest BCUT2D eigenvalue weighted by atomic mass is 10.2. The van der Waals surface area contributed by atoms with E-state index in [0.29, 0.717) is 11.9 Å². The highest BCUT2D eigenvalue weighted by Crippen LogP contribution is 2.27. The molecule has 0 saturated carbocycles. The van der Waals surface area contributed by atoms with Crippen LogP contribution in [0.1, 0.15) is 25.3 Å². The Morgan fingerprint density at radius 3 is 2.93 bits per heavy atom. The Bertz CT molecular complexity index is 335. The van der Waals surface area contributed by atoms with E-state index in [2.05, 4.69) is 23.7 Å². The molecule has 2 rings (SSSR count). The zero-order valence-electron chi connectivity index (χ0n) is 8.83. The minimum Gasteiger partial charge on any atom is -0.384 e. The van der Waals surface area contributed by atoms with Gasteiger partial charge in [0.05, 0.1) is 11.9 Å². The number of pyridine rings is 1. The number of nitrogen functional groups attached to an aromatic ring is 1. The highest BCUT2D eigenvalue weighted by molar-refractivity contribution is 5.56. The summed E-state index contributed by atoms with van der Waals surface area (Å²) in [5, 5.41) is 0. The summed E-state index contributed by atoms with van der Waals surface area (Å²) in [5.74, 6) is 0.609. The Morgan fingerprint density at radius 2 is 2.36 bits per heavy atom. The molecule has 1 aromatic heterocycles. The van der Waals surface area contributed by atoms with E-state index in [0.717, 1.165) is 6.54 Å². The Hall–Kier alpha value is -1.25. The second-order valence-electron chi connectivity index (χ2n) is 4.08. The maximum Gasteiger partial charge on any atom is 0.123 e. The van der Waals surface area contributed by atoms with Crippen molar-refractivity contribution in [2.75, 3.05) is 17.2 Å². The van der Waals surface area contributed by atoms with Crippen LogP contribution in [0.4, 0.5) is 11.5 Å². The van der Waals surface area contributed by atoms with Crippen LogP contribution in [0.2, 0.25) is 0 Å². The molecule has 1 saturated heterocycles. The Morgan fingerprint density at radius 1 is 1.57 bits per heavy atom. The molecular formula is C11H17N3. The topological polar surface area (TPSA) is 42.1 Å². The number of aromatic nitrogens is 1. The maximum absolute atomic E-state index is 5.63. The molecule has 14 heavy (non-hydrogen) atoms. The molecule has 1 aliphatic heterocycles. The van der Waals surface area contributed by atoms with Crippen LogP contribution >= 0.6 is 0 Å². The summed E-state index contributed by atoms with van der Waals surface area (Å²) < 4.78 is 0.